The molecule has 36 heavy (non-hydrogen) atoms. The van der Waals surface area contributed by atoms with Crippen molar-refractivity contribution in [3.63, 3.8) is 0 Å². The minimum atomic E-state index is -0.992. The van der Waals surface area contributed by atoms with Gasteiger partial charge in [-0.1, -0.05) is 102 Å². The predicted molar refractivity (Wildman–Crippen MR) is 142 cm³/mol. The molecule has 0 spiro atoms. The summed E-state index contributed by atoms with van der Waals surface area (Å²) in [6, 6.07) is 8.81. The van der Waals surface area contributed by atoms with Crippen LogP contribution >= 0.6 is 0 Å². The summed E-state index contributed by atoms with van der Waals surface area (Å²) in [5, 5.41) is 9.56. The van der Waals surface area contributed by atoms with Crippen LogP contribution in [0.25, 0.3) is 0 Å². The van der Waals surface area contributed by atoms with Gasteiger partial charge in [0.05, 0.1) is 19.3 Å². The summed E-state index contributed by atoms with van der Waals surface area (Å²) in [6.45, 7) is 7.90. The van der Waals surface area contributed by atoms with Crippen molar-refractivity contribution >= 4 is 12.1 Å². The molecule has 0 unspecified atom stereocenters. The molecule has 2 N–H and O–H groups in total. The Labute approximate surface area is 217 Å². The van der Waals surface area contributed by atoms with Crippen LogP contribution in [-0.4, -0.2) is 47.3 Å². The van der Waals surface area contributed by atoms with Crippen LogP contribution in [0.15, 0.2) is 30.3 Å². The van der Waals surface area contributed by atoms with Gasteiger partial charge < -0.3 is 9.84 Å². The van der Waals surface area contributed by atoms with Gasteiger partial charge in [-0.05, 0) is 36.7 Å². The second-order valence-electron chi connectivity index (χ2n) is 11.3. The fraction of sp³-hybridized carbons (Fsp3) is 0.724. The summed E-state index contributed by atoms with van der Waals surface area (Å²) in [4.78, 5) is 31.2. The molecule has 1 aromatic carbocycles. The van der Waals surface area contributed by atoms with Crippen molar-refractivity contribution in [2.75, 3.05) is 13.2 Å². The molecule has 1 amide bonds. The Morgan fingerprint density at radius 3 is 2.17 bits per heavy atom. The van der Waals surface area contributed by atoms with Gasteiger partial charge in [-0.15, -0.1) is 0 Å². The van der Waals surface area contributed by atoms with E-state index in [4.69, 9.17) is 9.57 Å². The molecule has 7 nitrogen and oxygen atoms in total. The lowest BCUT2D eigenvalue weighted by atomic mass is 9.89. The molecular formula is C29H48N2O5. The van der Waals surface area contributed by atoms with Crippen molar-refractivity contribution in [1.82, 2.24) is 10.4 Å². The number of carbonyl (C=O) groups excluding carboxylic acids is 1. The summed E-state index contributed by atoms with van der Waals surface area (Å²) in [6.07, 6.45) is 12.5. The Morgan fingerprint density at radius 2 is 1.56 bits per heavy atom. The van der Waals surface area contributed by atoms with Crippen molar-refractivity contribution in [2.24, 2.45) is 5.41 Å². The van der Waals surface area contributed by atoms with Gasteiger partial charge in [-0.2, -0.15) is 5.48 Å². The molecule has 1 aliphatic rings. The minimum absolute atomic E-state index is 0.134. The number of nitrogens with one attached hydrogen (secondary N) is 1. The quantitative estimate of drug-likeness (QED) is 0.192. The maximum absolute atomic E-state index is 12.6. The number of carboxylic acids is 1. The standard InChI is InChI=1S/C29H48N2O5/c1-29(2,3)20-14-9-7-5-4-6-8-10-15-21-35-28(34)31-22-25(18-19-26(31)27(32)33)30-36-23-24-16-12-11-13-17-24/h11-13,16-17,25-26,30H,4-10,14-15,18-23H2,1-3H3,(H,32,33)/t25-,26+/m1/s1. The van der Waals surface area contributed by atoms with E-state index in [1.165, 1.54) is 49.8 Å². The molecule has 2 atom stereocenters. The molecule has 204 valence electrons. The van der Waals surface area contributed by atoms with Gasteiger partial charge in [0.1, 0.15) is 6.04 Å². The molecule has 0 aromatic heterocycles. The zero-order valence-electron chi connectivity index (χ0n) is 22.7. The maximum atomic E-state index is 12.6. The highest BCUT2D eigenvalue weighted by atomic mass is 16.6. The average molecular weight is 505 g/mol. The number of aliphatic carboxylic acids is 1. The Morgan fingerprint density at radius 1 is 0.944 bits per heavy atom. The van der Waals surface area contributed by atoms with E-state index >= 15 is 0 Å². The van der Waals surface area contributed by atoms with E-state index < -0.39 is 18.1 Å². The number of hydroxylamine groups is 1. The molecule has 0 bridgehead atoms. The van der Waals surface area contributed by atoms with Crippen molar-refractivity contribution in [1.29, 1.82) is 0 Å². The van der Waals surface area contributed by atoms with Gasteiger partial charge >= 0.3 is 12.1 Å². The van der Waals surface area contributed by atoms with E-state index in [2.05, 4.69) is 26.3 Å². The molecule has 1 aromatic rings. The van der Waals surface area contributed by atoms with Gasteiger partial charge in [-0.3, -0.25) is 9.74 Å². The molecule has 1 saturated heterocycles. The monoisotopic (exact) mass is 504 g/mol. The third kappa shape index (κ3) is 12.7. The van der Waals surface area contributed by atoms with Crippen molar-refractivity contribution < 1.29 is 24.3 Å². The highest BCUT2D eigenvalue weighted by molar-refractivity contribution is 5.80. The second kappa shape index (κ2) is 16.6. The SMILES string of the molecule is CC(C)(C)CCCCCCCCCCCOC(=O)N1C[C@H](NOCc2ccccc2)CC[C@H]1C(=O)O. The van der Waals surface area contributed by atoms with E-state index in [0.717, 1.165) is 24.8 Å². The highest BCUT2D eigenvalue weighted by Gasteiger charge is 2.37. The number of nitrogens with zero attached hydrogens (tertiary/aromatic N) is 1. The first-order valence-corrected chi connectivity index (χ1v) is 13.8. The number of carboxylic acid groups (broad SMARTS) is 1. The van der Waals surface area contributed by atoms with Crippen molar-refractivity contribution in [3.8, 4) is 0 Å². The molecule has 0 radical (unpaired) electrons. The first kappa shape index (κ1) is 30.1. The molecule has 0 saturated carbocycles. The first-order valence-electron chi connectivity index (χ1n) is 13.8. The topological polar surface area (TPSA) is 88.1 Å². The first-order chi connectivity index (χ1) is 17.3. The Kier molecular flexibility index (Phi) is 13.9. The van der Waals surface area contributed by atoms with Crippen LogP contribution in [0.5, 0.6) is 0 Å². The number of unbranched alkanes of at least 4 members (excludes halogenated alkanes) is 8. The molecule has 1 heterocycles. The fourth-order valence-electron chi connectivity index (χ4n) is 4.58. The number of benzene rings is 1. The van der Waals surface area contributed by atoms with Crippen LogP contribution in [0, 0.1) is 5.41 Å². The summed E-state index contributed by atoms with van der Waals surface area (Å²) < 4.78 is 5.44. The summed E-state index contributed by atoms with van der Waals surface area (Å²) >= 11 is 0. The lowest BCUT2D eigenvalue weighted by Crippen LogP contribution is -2.55. The lowest BCUT2D eigenvalue weighted by molar-refractivity contribution is -0.145. The van der Waals surface area contributed by atoms with Gasteiger partial charge in [0, 0.05) is 6.54 Å². The Balaban J connectivity index is 1.57. The van der Waals surface area contributed by atoms with Crippen LogP contribution in [0.2, 0.25) is 0 Å². The van der Waals surface area contributed by atoms with E-state index in [0.29, 0.717) is 31.5 Å². The number of hydrogen-bond donors (Lipinski definition) is 2. The number of likely N-dealkylation sites (tertiary alicyclic amines) is 1. The van der Waals surface area contributed by atoms with Crippen LogP contribution in [0.1, 0.15) is 103 Å². The Bertz CT molecular complexity index is 750. The predicted octanol–water partition coefficient (Wildman–Crippen LogP) is 6.71. The zero-order chi connectivity index (χ0) is 26.2. The molecule has 1 aliphatic heterocycles. The highest BCUT2D eigenvalue weighted by Crippen LogP contribution is 2.23. The second-order valence-corrected chi connectivity index (χ2v) is 11.3. The minimum Gasteiger partial charge on any atom is -0.480 e. The van der Waals surface area contributed by atoms with E-state index in [1.54, 1.807) is 0 Å². The number of amides is 1. The number of hydrogen-bond acceptors (Lipinski definition) is 5. The van der Waals surface area contributed by atoms with Crippen molar-refractivity contribution in [3.05, 3.63) is 35.9 Å². The smallest absolute Gasteiger partial charge is 0.410 e. The number of carbonyl (C=O) groups is 2. The summed E-state index contributed by atoms with van der Waals surface area (Å²) in [5.41, 5.74) is 4.47. The number of rotatable bonds is 16. The van der Waals surface area contributed by atoms with E-state index in [9.17, 15) is 14.7 Å². The molecule has 0 aliphatic carbocycles. The third-order valence-electron chi connectivity index (χ3n) is 6.73. The maximum Gasteiger partial charge on any atom is 0.410 e. The normalized spacial score (nSPS) is 18.2. The van der Waals surface area contributed by atoms with Crippen LogP contribution in [-0.2, 0) is 21.0 Å². The largest absolute Gasteiger partial charge is 0.480 e. The van der Waals surface area contributed by atoms with Gasteiger partial charge in [-0.25, -0.2) is 9.59 Å². The van der Waals surface area contributed by atoms with Crippen LogP contribution < -0.4 is 5.48 Å². The van der Waals surface area contributed by atoms with Crippen LogP contribution in [0.3, 0.4) is 0 Å². The third-order valence-corrected chi connectivity index (χ3v) is 6.73. The summed E-state index contributed by atoms with van der Waals surface area (Å²) in [5.74, 6) is -0.992. The van der Waals surface area contributed by atoms with Crippen molar-refractivity contribution in [2.45, 2.75) is 117 Å². The molecular weight excluding hydrogens is 456 g/mol. The molecule has 1 fully saturated rings. The average Bonchev–Trinajstić information content (AvgIpc) is 2.84. The van der Waals surface area contributed by atoms with E-state index in [1.807, 2.05) is 30.3 Å². The van der Waals surface area contributed by atoms with Gasteiger partial charge in [0.15, 0.2) is 0 Å². The fourth-order valence-corrected chi connectivity index (χ4v) is 4.58. The molecule has 7 heteroatoms. The zero-order valence-corrected chi connectivity index (χ0v) is 22.7. The number of ether oxygens (including phenoxy) is 1. The van der Waals surface area contributed by atoms with Gasteiger partial charge in [0.2, 0.25) is 0 Å². The number of piperidine rings is 1. The van der Waals surface area contributed by atoms with E-state index in [-0.39, 0.29) is 12.6 Å². The Hall–Kier alpha value is -2.12. The summed E-state index contributed by atoms with van der Waals surface area (Å²) in [7, 11) is 0. The van der Waals surface area contributed by atoms with Crippen LogP contribution in [0.4, 0.5) is 4.79 Å². The lowest BCUT2D eigenvalue weighted by Gasteiger charge is -2.36. The molecule has 2 rings (SSSR count). The van der Waals surface area contributed by atoms with Gasteiger partial charge in [0.25, 0.3) is 0 Å².